The Labute approximate surface area is 151 Å². The number of ether oxygens (including phenoxy) is 5. The molecule has 0 aliphatic carbocycles. The Bertz CT molecular complexity index is 820. The molecule has 2 aromatic rings. The molecule has 0 aromatic heterocycles. The highest BCUT2D eigenvalue weighted by molar-refractivity contribution is 5.46. The molecular weight excluding hydrogens is 336 g/mol. The number of hydrogen-bond donors (Lipinski definition) is 1. The van der Waals surface area contributed by atoms with E-state index in [4.69, 9.17) is 23.7 Å². The van der Waals surface area contributed by atoms with E-state index in [1.165, 1.54) is 0 Å². The predicted octanol–water partition coefficient (Wildman–Crippen LogP) is 2.68. The molecule has 3 aliphatic rings. The first-order valence-corrected chi connectivity index (χ1v) is 8.82. The average molecular weight is 356 g/mol. The summed E-state index contributed by atoms with van der Waals surface area (Å²) in [6, 6.07) is 11.9. The Morgan fingerprint density at radius 1 is 0.846 bits per heavy atom. The third kappa shape index (κ3) is 2.66. The lowest BCUT2D eigenvalue weighted by Crippen LogP contribution is -2.21. The van der Waals surface area contributed by atoms with E-state index in [-0.39, 0.29) is 38.1 Å². The molecule has 0 bridgehead atoms. The number of aliphatic hydroxyl groups excluding tert-OH is 1. The first-order valence-electron chi connectivity index (χ1n) is 8.82. The van der Waals surface area contributed by atoms with Gasteiger partial charge in [0.05, 0.1) is 12.7 Å². The molecule has 0 spiro atoms. The van der Waals surface area contributed by atoms with Crippen molar-refractivity contribution < 1.29 is 28.8 Å². The second-order valence-electron chi connectivity index (χ2n) is 6.86. The van der Waals surface area contributed by atoms with Gasteiger partial charge in [-0.3, -0.25) is 0 Å². The number of fused-ring (bicyclic) bond motifs is 2. The van der Waals surface area contributed by atoms with Crippen LogP contribution in [0.2, 0.25) is 0 Å². The summed E-state index contributed by atoms with van der Waals surface area (Å²) in [7, 11) is 0. The fourth-order valence-electron chi connectivity index (χ4n) is 3.98. The lowest BCUT2D eigenvalue weighted by Gasteiger charge is -2.21. The summed E-state index contributed by atoms with van der Waals surface area (Å²) in [5, 5.41) is 10.0. The zero-order valence-electron chi connectivity index (χ0n) is 14.2. The number of benzene rings is 2. The van der Waals surface area contributed by atoms with Gasteiger partial charge < -0.3 is 28.8 Å². The van der Waals surface area contributed by atoms with Crippen LogP contribution in [0.5, 0.6) is 23.0 Å². The van der Waals surface area contributed by atoms with E-state index in [1.807, 2.05) is 30.3 Å². The second kappa shape index (κ2) is 6.37. The Hall–Kier alpha value is -2.44. The van der Waals surface area contributed by atoms with Crippen molar-refractivity contribution in [3.63, 3.8) is 0 Å². The zero-order valence-corrected chi connectivity index (χ0v) is 14.2. The van der Waals surface area contributed by atoms with Gasteiger partial charge in [-0.2, -0.15) is 0 Å². The molecule has 6 heteroatoms. The van der Waals surface area contributed by atoms with Crippen LogP contribution in [0.3, 0.4) is 0 Å². The lowest BCUT2D eigenvalue weighted by atomic mass is 9.84. The zero-order chi connectivity index (χ0) is 17.5. The smallest absolute Gasteiger partial charge is 0.231 e. The van der Waals surface area contributed by atoms with E-state index in [1.54, 1.807) is 0 Å². The van der Waals surface area contributed by atoms with Crippen molar-refractivity contribution >= 4 is 0 Å². The van der Waals surface area contributed by atoms with Gasteiger partial charge in [-0.05, 0) is 47.7 Å². The van der Waals surface area contributed by atoms with Crippen LogP contribution in [0.25, 0.3) is 0 Å². The van der Waals surface area contributed by atoms with Gasteiger partial charge in [0.1, 0.15) is 0 Å². The summed E-state index contributed by atoms with van der Waals surface area (Å²) in [4.78, 5) is 0. The summed E-state index contributed by atoms with van der Waals surface area (Å²) in [6.45, 7) is 1.21. The van der Waals surface area contributed by atoms with Crippen LogP contribution in [-0.2, 0) is 11.2 Å². The van der Waals surface area contributed by atoms with Gasteiger partial charge in [0.25, 0.3) is 0 Å². The monoisotopic (exact) mass is 356 g/mol. The van der Waals surface area contributed by atoms with Gasteiger partial charge in [-0.15, -0.1) is 0 Å². The molecule has 6 nitrogen and oxygen atoms in total. The van der Waals surface area contributed by atoms with Crippen molar-refractivity contribution in [3.8, 4) is 23.0 Å². The highest BCUT2D eigenvalue weighted by atomic mass is 16.7. The maximum atomic E-state index is 10.0. The van der Waals surface area contributed by atoms with E-state index in [0.717, 1.165) is 40.5 Å². The quantitative estimate of drug-likeness (QED) is 0.909. The molecule has 1 saturated heterocycles. The van der Waals surface area contributed by atoms with Crippen molar-refractivity contribution in [2.24, 2.45) is 11.8 Å². The summed E-state index contributed by atoms with van der Waals surface area (Å²) < 4.78 is 27.7. The molecule has 0 amide bonds. The molecule has 3 heterocycles. The fourth-order valence-corrected chi connectivity index (χ4v) is 3.98. The summed E-state index contributed by atoms with van der Waals surface area (Å²) in [5.41, 5.74) is 2.18. The van der Waals surface area contributed by atoms with Crippen molar-refractivity contribution in [2.45, 2.75) is 12.5 Å². The second-order valence-corrected chi connectivity index (χ2v) is 6.86. The average Bonchev–Trinajstić information content (AvgIpc) is 3.39. The Balaban J connectivity index is 1.35. The van der Waals surface area contributed by atoms with Crippen LogP contribution < -0.4 is 18.9 Å². The summed E-state index contributed by atoms with van der Waals surface area (Å²) in [6.07, 6.45) is 0.677. The molecule has 26 heavy (non-hydrogen) atoms. The number of aliphatic hydroxyl groups is 1. The van der Waals surface area contributed by atoms with Crippen molar-refractivity contribution in [1.82, 2.24) is 0 Å². The fraction of sp³-hybridized carbons (Fsp3) is 0.400. The largest absolute Gasteiger partial charge is 0.454 e. The first kappa shape index (κ1) is 15.8. The Morgan fingerprint density at radius 3 is 2.31 bits per heavy atom. The molecule has 2 aromatic carbocycles. The lowest BCUT2D eigenvalue weighted by molar-refractivity contribution is 0.0717. The number of rotatable bonds is 4. The summed E-state index contributed by atoms with van der Waals surface area (Å²) >= 11 is 0. The van der Waals surface area contributed by atoms with Gasteiger partial charge in [0, 0.05) is 12.5 Å². The van der Waals surface area contributed by atoms with Gasteiger partial charge in [0.2, 0.25) is 13.6 Å². The van der Waals surface area contributed by atoms with Crippen molar-refractivity contribution in [2.75, 3.05) is 26.8 Å². The maximum absolute atomic E-state index is 10.0. The van der Waals surface area contributed by atoms with E-state index in [2.05, 4.69) is 6.07 Å². The third-order valence-corrected chi connectivity index (χ3v) is 5.36. The highest BCUT2D eigenvalue weighted by Gasteiger charge is 2.38. The van der Waals surface area contributed by atoms with Crippen LogP contribution in [0.4, 0.5) is 0 Å². The molecule has 136 valence electrons. The van der Waals surface area contributed by atoms with Crippen molar-refractivity contribution in [3.05, 3.63) is 47.5 Å². The topological polar surface area (TPSA) is 66.4 Å². The number of hydrogen-bond acceptors (Lipinski definition) is 6. The standard InChI is InChI=1S/C20H20O6/c21-8-15-14(5-12-1-3-16-18(6-12)25-10-23-16)9-22-20(15)13-2-4-17-19(7-13)26-11-24-17/h1-4,6-7,14-15,20-21H,5,8-11H2/t14-,15+,20-/m1/s1. The van der Waals surface area contributed by atoms with Crippen LogP contribution >= 0.6 is 0 Å². The van der Waals surface area contributed by atoms with Crippen LogP contribution in [-0.4, -0.2) is 31.9 Å². The maximum Gasteiger partial charge on any atom is 0.231 e. The van der Waals surface area contributed by atoms with Gasteiger partial charge in [-0.1, -0.05) is 12.1 Å². The van der Waals surface area contributed by atoms with Crippen LogP contribution in [0.1, 0.15) is 17.2 Å². The van der Waals surface area contributed by atoms with E-state index in [9.17, 15) is 5.11 Å². The normalized spacial score (nSPS) is 25.7. The minimum Gasteiger partial charge on any atom is -0.454 e. The van der Waals surface area contributed by atoms with Gasteiger partial charge in [0.15, 0.2) is 23.0 Å². The van der Waals surface area contributed by atoms with Gasteiger partial charge in [-0.25, -0.2) is 0 Å². The van der Waals surface area contributed by atoms with E-state index in [0.29, 0.717) is 6.61 Å². The molecule has 0 saturated carbocycles. The molecule has 5 rings (SSSR count). The van der Waals surface area contributed by atoms with E-state index >= 15 is 0 Å². The highest BCUT2D eigenvalue weighted by Crippen LogP contribution is 2.43. The Kier molecular flexibility index (Phi) is 3.87. The molecule has 3 atom stereocenters. The van der Waals surface area contributed by atoms with Crippen LogP contribution in [0, 0.1) is 11.8 Å². The molecule has 1 N–H and O–H groups in total. The Morgan fingerprint density at radius 2 is 1.54 bits per heavy atom. The first-order chi connectivity index (χ1) is 12.8. The van der Waals surface area contributed by atoms with Crippen molar-refractivity contribution in [1.29, 1.82) is 0 Å². The molecular formula is C20H20O6. The molecule has 1 fully saturated rings. The predicted molar refractivity (Wildman–Crippen MR) is 91.6 cm³/mol. The third-order valence-electron chi connectivity index (χ3n) is 5.36. The molecule has 0 unspecified atom stereocenters. The van der Waals surface area contributed by atoms with Crippen LogP contribution in [0.15, 0.2) is 36.4 Å². The van der Waals surface area contributed by atoms with E-state index < -0.39 is 0 Å². The minimum absolute atomic E-state index is 0.0285. The minimum atomic E-state index is -0.145. The summed E-state index contributed by atoms with van der Waals surface area (Å²) in [5.74, 6) is 3.32. The molecule has 3 aliphatic heterocycles. The van der Waals surface area contributed by atoms with Gasteiger partial charge >= 0.3 is 0 Å². The molecule has 0 radical (unpaired) electrons. The SMILES string of the molecule is OC[C@H]1[C@H](Cc2ccc3c(c2)OCO3)CO[C@@H]1c1ccc2c(c1)OCO2.